The molecule has 6 heteroatoms. The van der Waals surface area contributed by atoms with Crippen LogP contribution in [-0.2, 0) is 6.18 Å². The molecule has 0 radical (unpaired) electrons. The molecule has 1 aliphatic heterocycles. The van der Waals surface area contributed by atoms with Crippen LogP contribution in [-0.4, -0.2) is 29.3 Å². The van der Waals surface area contributed by atoms with Gasteiger partial charge in [-0.15, -0.1) is 0 Å². The second-order valence-corrected chi connectivity index (χ2v) is 4.61. The van der Waals surface area contributed by atoms with Crippen LogP contribution in [0.4, 0.5) is 19.0 Å². The summed E-state index contributed by atoms with van der Waals surface area (Å²) in [5, 5.41) is 9.31. The Labute approximate surface area is 103 Å². The van der Waals surface area contributed by atoms with E-state index in [-0.39, 0.29) is 24.4 Å². The first-order chi connectivity index (χ1) is 8.43. The predicted molar refractivity (Wildman–Crippen MR) is 61.2 cm³/mol. The molecule has 0 aliphatic carbocycles. The molecule has 1 aromatic rings. The van der Waals surface area contributed by atoms with Crippen LogP contribution in [0.15, 0.2) is 18.3 Å². The van der Waals surface area contributed by atoms with Gasteiger partial charge in [0.1, 0.15) is 5.82 Å². The fourth-order valence-corrected chi connectivity index (χ4v) is 2.32. The standard InChI is InChI=1S/C12H15F3N2O/c1-8-3-5-17(10(8)7-18)11-6-9(2-4-16-11)12(13,14)15/h2,4,6,8,10,18H,3,5,7H2,1H3. The van der Waals surface area contributed by atoms with Crippen LogP contribution in [0.1, 0.15) is 18.9 Å². The predicted octanol–water partition coefficient (Wildman–Crippen LogP) is 2.31. The molecule has 1 aliphatic rings. The van der Waals surface area contributed by atoms with Crippen LogP contribution in [0.5, 0.6) is 0 Å². The third kappa shape index (κ3) is 2.43. The minimum absolute atomic E-state index is 0.0703. The second kappa shape index (κ2) is 4.76. The molecule has 2 unspecified atom stereocenters. The first-order valence-corrected chi connectivity index (χ1v) is 5.84. The van der Waals surface area contributed by atoms with E-state index in [2.05, 4.69) is 4.98 Å². The maximum Gasteiger partial charge on any atom is 0.416 e. The van der Waals surface area contributed by atoms with Crippen molar-refractivity contribution in [2.45, 2.75) is 25.6 Å². The molecule has 2 atom stereocenters. The monoisotopic (exact) mass is 260 g/mol. The number of aliphatic hydroxyl groups is 1. The average molecular weight is 260 g/mol. The van der Waals surface area contributed by atoms with Crippen molar-refractivity contribution in [3.05, 3.63) is 23.9 Å². The second-order valence-electron chi connectivity index (χ2n) is 4.61. The lowest BCUT2D eigenvalue weighted by Gasteiger charge is -2.26. The molecule has 1 fully saturated rings. The van der Waals surface area contributed by atoms with E-state index in [9.17, 15) is 18.3 Å². The molecular weight excluding hydrogens is 245 g/mol. The van der Waals surface area contributed by atoms with Crippen molar-refractivity contribution in [2.24, 2.45) is 5.92 Å². The summed E-state index contributed by atoms with van der Waals surface area (Å²) in [6.07, 6.45) is -2.35. The number of halogens is 3. The lowest BCUT2D eigenvalue weighted by atomic mass is 10.0. The molecule has 0 amide bonds. The Kier molecular flexibility index (Phi) is 3.47. The van der Waals surface area contributed by atoms with E-state index in [0.29, 0.717) is 6.54 Å². The molecule has 100 valence electrons. The van der Waals surface area contributed by atoms with Gasteiger partial charge in [0.05, 0.1) is 18.2 Å². The zero-order chi connectivity index (χ0) is 13.3. The van der Waals surface area contributed by atoms with Crippen LogP contribution in [0.25, 0.3) is 0 Å². The van der Waals surface area contributed by atoms with Crippen LogP contribution in [0.3, 0.4) is 0 Å². The zero-order valence-electron chi connectivity index (χ0n) is 9.98. The van der Waals surface area contributed by atoms with Gasteiger partial charge in [0, 0.05) is 12.7 Å². The Balaban J connectivity index is 2.29. The highest BCUT2D eigenvalue weighted by Gasteiger charge is 2.34. The Bertz CT molecular complexity index is 422. The smallest absolute Gasteiger partial charge is 0.394 e. The molecule has 3 nitrogen and oxygen atoms in total. The van der Waals surface area contributed by atoms with Crippen molar-refractivity contribution in [3.8, 4) is 0 Å². The van der Waals surface area contributed by atoms with Crippen LogP contribution < -0.4 is 4.90 Å². The van der Waals surface area contributed by atoms with Crippen molar-refractivity contribution >= 4 is 5.82 Å². The van der Waals surface area contributed by atoms with Gasteiger partial charge in [-0.3, -0.25) is 0 Å². The van der Waals surface area contributed by atoms with Crippen molar-refractivity contribution in [2.75, 3.05) is 18.1 Å². The summed E-state index contributed by atoms with van der Waals surface area (Å²) in [7, 11) is 0. The van der Waals surface area contributed by atoms with Gasteiger partial charge in [-0.2, -0.15) is 13.2 Å². The SMILES string of the molecule is CC1CCN(c2cc(C(F)(F)F)ccn2)C1CO. The summed E-state index contributed by atoms with van der Waals surface area (Å²) in [6.45, 7) is 2.54. The number of alkyl halides is 3. The summed E-state index contributed by atoms with van der Waals surface area (Å²) >= 11 is 0. The normalized spacial score (nSPS) is 24.6. The third-order valence-electron chi connectivity index (χ3n) is 3.44. The van der Waals surface area contributed by atoms with E-state index in [4.69, 9.17) is 0 Å². The van der Waals surface area contributed by atoms with Crippen molar-refractivity contribution < 1.29 is 18.3 Å². The Morgan fingerprint density at radius 2 is 2.22 bits per heavy atom. The highest BCUT2D eigenvalue weighted by Crippen LogP contribution is 2.33. The molecule has 1 N–H and O–H groups in total. The summed E-state index contributed by atoms with van der Waals surface area (Å²) in [5.41, 5.74) is -0.705. The lowest BCUT2D eigenvalue weighted by Crippen LogP contribution is -2.35. The zero-order valence-corrected chi connectivity index (χ0v) is 9.98. The average Bonchev–Trinajstić information content (AvgIpc) is 2.69. The Morgan fingerprint density at radius 3 is 2.83 bits per heavy atom. The van der Waals surface area contributed by atoms with Crippen LogP contribution in [0.2, 0.25) is 0 Å². The van der Waals surface area contributed by atoms with E-state index in [0.717, 1.165) is 24.8 Å². The fraction of sp³-hybridized carbons (Fsp3) is 0.583. The number of anilines is 1. The van der Waals surface area contributed by atoms with Gasteiger partial charge in [-0.25, -0.2) is 4.98 Å². The van der Waals surface area contributed by atoms with Crippen LogP contribution in [0, 0.1) is 5.92 Å². The quantitative estimate of drug-likeness (QED) is 0.886. The summed E-state index contributed by atoms with van der Waals surface area (Å²) < 4.78 is 37.8. The molecule has 2 rings (SSSR count). The highest BCUT2D eigenvalue weighted by atomic mass is 19.4. The summed E-state index contributed by atoms with van der Waals surface area (Å²) in [5.74, 6) is 0.541. The minimum atomic E-state index is -4.36. The van der Waals surface area contributed by atoms with Crippen molar-refractivity contribution in [1.29, 1.82) is 0 Å². The number of aliphatic hydroxyl groups excluding tert-OH is 1. The minimum Gasteiger partial charge on any atom is -0.394 e. The molecule has 2 heterocycles. The number of rotatable bonds is 2. The molecule has 18 heavy (non-hydrogen) atoms. The number of nitrogens with zero attached hydrogens (tertiary/aromatic N) is 2. The first-order valence-electron chi connectivity index (χ1n) is 5.84. The largest absolute Gasteiger partial charge is 0.416 e. The van der Waals surface area contributed by atoms with Gasteiger partial charge in [0.15, 0.2) is 0 Å². The first kappa shape index (κ1) is 13.1. The van der Waals surface area contributed by atoms with E-state index in [1.54, 1.807) is 4.90 Å². The molecule has 0 bridgehead atoms. The van der Waals surface area contributed by atoms with E-state index < -0.39 is 11.7 Å². The summed E-state index contributed by atoms with van der Waals surface area (Å²) in [6, 6.07) is 1.85. The van der Waals surface area contributed by atoms with Gasteiger partial charge in [-0.05, 0) is 24.5 Å². The molecular formula is C12H15F3N2O. The van der Waals surface area contributed by atoms with Gasteiger partial charge >= 0.3 is 6.18 Å². The van der Waals surface area contributed by atoms with Gasteiger partial charge in [0.2, 0.25) is 0 Å². The number of pyridine rings is 1. The maximum absolute atomic E-state index is 12.6. The molecule has 1 saturated heterocycles. The van der Waals surface area contributed by atoms with Crippen molar-refractivity contribution in [1.82, 2.24) is 4.98 Å². The van der Waals surface area contributed by atoms with E-state index in [1.807, 2.05) is 6.92 Å². The number of hydrogen-bond acceptors (Lipinski definition) is 3. The van der Waals surface area contributed by atoms with Gasteiger partial charge < -0.3 is 10.0 Å². The van der Waals surface area contributed by atoms with E-state index >= 15 is 0 Å². The van der Waals surface area contributed by atoms with Gasteiger partial charge in [-0.1, -0.05) is 6.92 Å². The maximum atomic E-state index is 12.6. The van der Waals surface area contributed by atoms with Crippen LogP contribution >= 0.6 is 0 Å². The molecule has 0 spiro atoms. The highest BCUT2D eigenvalue weighted by molar-refractivity contribution is 5.44. The summed E-state index contributed by atoms with van der Waals surface area (Å²) in [4.78, 5) is 5.73. The van der Waals surface area contributed by atoms with E-state index in [1.165, 1.54) is 0 Å². The molecule has 0 aromatic carbocycles. The van der Waals surface area contributed by atoms with Crippen molar-refractivity contribution in [3.63, 3.8) is 0 Å². The Hall–Kier alpha value is -1.30. The molecule has 1 aromatic heterocycles. The lowest BCUT2D eigenvalue weighted by molar-refractivity contribution is -0.137. The Morgan fingerprint density at radius 1 is 1.50 bits per heavy atom. The fourth-order valence-electron chi connectivity index (χ4n) is 2.32. The molecule has 0 saturated carbocycles. The number of hydrogen-bond donors (Lipinski definition) is 1. The van der Waals surface area contributed by atoms with Gasteiger partial charge in [0.25, 0.3) is 0 Å². The topological polar surface area (TPSA) is 36.4 Å². The number of aromatic nitrogens is 1. The third-order valence-corrected chi connectivity index (χ3v) is 3.44.